The number of nitro groups is 1. The van der Waals surface area contributed by atoms with E-state index in [1.54, 1.807) is 12.1 Å². The first kappa shape index (κ1) is 15.6. The molecule has 0 unspecified atom stereocenters. The van der Waals surface area contributed by atoms with Gasteiger partial charge in [0.15, 0.2) is 0 Å². The van der Waals surface area contributed by atoms with Crippen molar-refractivity contribution in [3.8, 4) is 0 Å². The maximum absolute atomic E-state index is 12.4. The van der Waals surface area contributed by atoms with Gasteiger partial charge in [0.25, 0.3) is 11.6 Å². The molecule has 0 fully saturated rings. The number of hydrogen-bond acceptors (Lipinski definition) is 4. The second-order valence-electron chi connectivity index (χ2n) is 5.03. The lowest BCUT2D eigenvalue weighted by atomic mass is 10.2. The molecular weight excluding hydrogens is 380 g/mol. The number of aryl methyl sites for hydroxylation is 1. The average molecular weight is 391 g/mol. The van der Waals surface area contributed by atoms with Gasteiger partial charge in [0.05, 0.1) is 15.5 Å². The SMILES string of the molecule is Cc1ccc(NC(=O)c2cc3cc([N+](=O)[O-])ccc3s2)c(Br)c1. The Morgan fingerprint density at radius 1 is 1.22 bits per heavy atom. The molecule has 7 heteroatoms. The van der Waals surface area contributed by atoms with E-state index in [0.717, 1.165) is 14.7 Å². The predicted molar refractivity (Wildman–Crippen MR) is 95.3 cm³/mol. The molecule has 0 aliphatic carbocycles. The van der Waals surface area contributed by atoms with Crippen LogP contribution < -0.4 is 5.32 Å². The fraction of sp³-hybridized carbons (Fsp3) is 0.0625. The van der Waals surface area contributed by atoms with Gasteiger partial charge < -0.3 is 5.32 Å². The standard InChI is InChI=1S/C16H11BrN2O3S/c1-9-2-4-13(12(17)6-9)18-16(20)15-8-10-7-11(19(21)22)3-5-14(10)23-15/h2-8H,1H3,(H,18,20). The van der Waals surface area contributed by atoms with Gasteiger partial charge in [-0.05, 0) is 52.7 Å². The summed E-state index contributed by atoms with van der Waals surface area (Å²) in [5, 5.41) is 14.4. The van der Waals surface area contributed by atoms with E-state index < -0.39 is 4.92 Å². The Balaban J connectivity index is 1.90. The molecule has 116 valence electrons. The van der Waals surface area contributed by atoms with E-state index in [1.165, 1.54) is 23.5 Å². The Labute approximate surface area is 144 Å². The number of carbonyl (C=O) groups is 1. The van der Waals surface area contributed by atoms with Crippen LogP contribution in [0, 0.1) is 17.0 Å². The monoisotopic (exact) mass is 390 g/mol. The highest BCUT2D eigenvalue weighted by molar-refractivity contribution is 9.10. The van der Waals surface area contributed by atoms with Crippen LogP contribution in [0.15, 0.2) is 46.9 Å². The average Bonchev–Trinajstić information content (AvgIpc) is 2.93. The molecule has 0 spiro atoms. The summed E-state index contributed by atoms with van der Waals surface area (Å²) < 4.78 is 1.64. The van der Waals surface area contributed by atoms with Crippen molar-refractivity contribution < 1.29 is 9.72 Å². The van der Waals surface area contributed by atoms with E-state index in [0.29, 0.717) is 16.0 Å². The van der Waals surface area contributed by atoms with E-state index in [4.69, 9.17) is 0 Å². The summed E-state index contributed by atoms with van der Waals surface area (Å²) in [6, 6.07) is 11.9. The van der Waals surface area contributed by atoms with Crippen LogP contribution in [0.2, 0.25) is 0 Å². The lowest BCUT2D eigenvalue weighted by molar-refractivity contribution is -0.384. The Kier molecular flexibility index (Phi) is 4.14. The normalized spacial score (nSPS) is 10.7. The number of non-ortho nitro benzene ring substituents is 1. The van der Waals surface area contributed by atoms with Gasteiger partial charge in [0.2, 0.25) is 0 Å². The third-order valence-electron chi connectivity index (χ3n) is 3.31. The van der Waals surface area contributed by atoms with Crippen LogP contribution in [0.1, 0.15) is 15.2 Å². The molecule has 0 bridgehead atoms. The number of fused-ring (bicyclic) bond motifs is 1. The number of halogens is 1. The summed E-state index contributed by atoms with van der Waals surface area (Å²) in [5.41, 5.74) is 1.79. The summed E-state index contributed by atoms with van der Waals surface area (Å²) in [6.07, 6.45) is 0. The molecule has 2 aromatic carbocycles. The highest BCUT2D eigenvalue weighted by Crippen LogP contribution is 2.30. The summed E-state index contributed by atoms with van der Waals surface area (Å²) in [4.78, 5) is 23.3. The molecule has 1 heterocycles. The third-order valence-corrected chi connectivity index (χ3v) is 5.08. The molecule has 0 atom stereocenters. The number of nitrogens with zero attached hydrogens (tertiary/aromatic N) is 1. The number of benzene rings is 2. The first-order chi connectivity index (χ1) is 10.9. The lowest BCUT2D eigenvalue weighted by Gasteiger charge is -2.06. The smallest absolute Gasteiger partial charge is 0.270 e. The van der Waals surface area contributed by atoms with Gasteiger partial charge in [-0.3, -0.25) is 14.9 Å². The largest absolute Gasteiger partial charge is 0.320 e. The molecule has 3 aromatic rings. The quantitative estimate of drug-likeness (QED) is 0.497. The Hall–Kier alpha value is -2.25. The number of amides is 1. The van der Waals surface area contributed by atoms with Crippen molar-refractivity contribution in [2.45, 2.75) is 6.92 Å². The first-order valence-corrected chi connectivity index (χ1v) is 8.30. The Bertz CT molecular complexity index is 936. The zero-order chi connectivity index (χ0) is 16.6. The minimum absolute atomic E-state index is 0.0172. The van der Waals surface area contributed by atoms with E-state index in [-0.39, 0.29) is 11.6 Å². The fourth-order valence-corrected chi connectivity index (χ4v) is 3.69. The maximum Gasteiger partial charge on any atom is 0.270 e. The van der Waals surface area contributed by atoms with Crippen molar-refractivity contribution >= 4 is 54.6 Å². The van der Waals surface area contributed by atoms with Crippen molar-refractivity contribution in [3.63, 3.8) is 0 Å². The van der Waals surface area contributed by atoms with Crippen LogP contribution in [-0.2, 0) is 0 Å². The second kappa shape index (κ2) is 6.10. The van der Waals surface area contributed by atoms with Crippen LogP contribution in [0.4, 0.5) is 11.4 Å². The van der Waals surface area contributed by atoms with Crippen LogP contribution in [-0.4, -0.2) is 10.8 Å². The number of nitro benzene ring substituents is 1. The van der Waals surface area contributed by atoms with Gasteiger partial charge >= 0.3 is 0 Å². The van der Waals surface area contributed by atoms with Crippen molar-refractivity contribution in [1.29, 1.82) is 0 Å². The van der Waals surface area contributed by atoms with Gasteiger partial charge in [-0.1, -0.05) is 6.07 Å². The lowest BCUT2D eigenvalue weighted by Crippen LogP contribution is -2.10. The minimum atomic E-state index is -0.444. The van der Waals surface area contributed by atoms with Crippen molar-refractivity contribution in [2.24, 2.45) is 0 Å². The molecule has 0 radical (unpaired) electrons. The van der Waals surface area contributed by atoms with Gasteiger partial charge in [-0.25, -0.2) is 0 Å². The van der Waals surface area contributed by atoms with E-state index in [9.17, 15) is 14.9 Å². The van der Waals surface area contributed by atoms with Crippen LogP contribution in [0.25, 0.3) is 10.1 Å². The van der Waals surface area contributed by atoms with Crippen LogP contribution in [0.5, 0.6) is 0 Å². The molecule has 0 saturated carbocycles. The fourth-order valence-electron chi connectivity index (χ4n) is 2.16. The van der Waals surface area contributed by atoms with Crippen molar-refractivity contribution in [2.75, 3.05) is 5.32 Å². The minimum Gasteiger partial charge on any atom is -0.320 e. The van der Waals surface area contributed by atoms with Crippen LogP contribution in [0.3, 0.4) is 0 Å². The summed E-state index contributed by atoms with van der Waals surface area (Å²) >= 11 is 4.73. The predicted octanol–water partition coefficient (Wildman–Crippen LogP) is 5.13. The van der Waals surface area contributed by atoms with Gasteiger partial charge in [0, 0.05) is 26.7 Å². The molecule has 0 aliphatic rings. The first-order valence-electron chi connectivity index (χ1n) is 6.69. The molecule has 1 aromatic heterocycles. The molecule has 5 nitrogen and oxygen atoms in total. The molecule has 23 heavy (non-hydrogen) atoms. The van der Waals surface area contributed by atoms with Crippen LogP contribution >= 0.6 is 27.3 Å². The summed E-state index contributed by atoms with van der Waals surface area (Å²) in [5.74, 6) is -0.238. The van der Waals surface area contributed by atoms with Crippen molar-refractivity contribution in [1.82, 2.24) is 0 Å². The molecule has 0 saturated heterocycles. The zero-order valence-electron chi connectivity index (χ0n) is 12.0. The highest BCUT2D eigenvalue weighted by Gasteiger charge is 2.14. The molecule has 1 N–H and O–H groups in total. The summed E-state index contributed by atoms with van der Waals surface area (Å²) in [6.45, 7) is 1.97. The number of nitrogens with one attached hydrogen (secondary N) is 1. The number of rotatable bonds is 3. The molecular formula is C16H11BrN2O3S. The van der Waals surface area contributed by atoms with Crippen molar-refractivity contribution in [3.05, 3.63) is 67.5 Å². The molecule has 1 amide bonds. The van der Waals surface area contributed by atoms with Gasteiger partial charge in [-0.2, -0.15) is 0 Å². The van der Waals surface area contributed by atoms with Gasteiger partial charge in [-0.15, -0.1) is 11.3 Å². The third kappa shape index (κ3) is 3.25. The number of hydrogen-bond donors (Lipinski definition) is 1. The van der Waals surface area contributed by atoms with Gasteiger partial charge in [0.1, 0.15) is 0 Å². The van der Waals surface area contributed by atoms with E-state index in [1.807, 2.05) is 25.1 Å². The Morgan fingerprint density at radius 2 is 2.00 bits per heavy atom. The van der Waals surface area contributed by atoms with E-state index >= 15 is 0 Å². The maximum atomic E-state index is 12.4. The highest BCUT2D eigenvalue weighted by atomic mass is 79.9. The second-order valence-corrected chi connectivity index (χ2v) is 6.97. The topological polar surface area (TPSA) is 72.2 Å². The summed E-state index contributed by atoms with van der Waals surface area (Å²) in [7, 11) is 0. The number of anilines is 1. The van der Waals surface area contributed by atoms with E-state index in [2.05, 4.69) is 21.2 Å². The molecule has 0 aliphatic heterocycles. The molecule has 3 rings (SSSR count). The number of carbonyl (C=O) groups excluding carboxylic acids is 1. The number of thiophene rings is 1. The Morgan fingerprint density at radius 3 is 2.70 bits per heavy atom. The zero-order valence-corrected chi connectivity index (χ0v) is 14.4.